The second-order valence-electron chi connectivity index (χ2n) is 7.28. The van der Waals surface area contributed by atoms with Crippen molar-refractivity contribution in [1.82, 2.24) is 24.6 Å². The highest BCUT2D eigenvalue weighted by Gasteiger charge is 2.13. The number of fused-ring (bicyclic) bond motifs is 1. The molecule has 4 rings (SSSR count). The van der Waals surface area contributed by atoms with E-state index in [4.69, 9.17) is 9.47 Å². The van der Waals surface area contributed by atoms with E-state index in [1.54, 1.807) is 43.3 Å². The van der Waals surface area contributed by atoms with Gasteiger partial charge in [0.25, 0.3) is 5.56 Å². The number of rotatable bonds is 7. The number of aromatic nitrogens is 4. The Bertz CT molecular complexity index is 1320. The first-order chi connectivity index (χ1) is 15.5. The van der Waals surface area contributed by atoms with Gasteiger partial charge in [0, 0.05) is 18.3 Å². The van der Waals surface area contributed by atoms with Gasteiger partial charge in [0.2, 0.25) is 5.91 Å². The Labute approximate surface area is 184 Å². The fourth-order valence-electron chi connectivity index (χ4n) is 3.31. The van der Waals surface area contributed by atoms with E-state index in [9.17, 15) is 9.59 Å². The summed E-state index contributed by atoms with van der Waals surface area (Å²) < 4.78 is 13.4. The van der Waals surface area contributed by atoms with Gasteiger partial charge in [-0.25, -0.2) is 9.67 Å². The molecule has 0 aliphatic carbocycles. The fourth-order valence-corrected chi connectivity index (χ4v) is 3.31. The van der Waals surface area contributed by atoms with Crippen molar-refractivity contribution >= 4 is 16.9 Å². The zero-order valence-corrected chi connectivity index (χ0v) is 18.0. The van der Waals surface area contributed by atoms with Gasteiger partial charge in [-0.15, -0.1) is 5.10 Å². The molecule has 0 saturated carbocycles. The number of ether oxygens (including phenoxy) is 2. The Morgan fingerprint density at radius 1 is 1.09 bits per heavy atom. The quantitative estimate of drug-likeness (QED) is 0.480. The van der Waals surface area contributed by atoms with Crippen LogP contribution in [0, 0.1) is 6.92 Å². The molecule has 32 heavy (non-hydrogen) atoms. The number of aryl methyl sites for hydroxylation is 1. The third-order valence-corrected chi connectivity index (χ3v) is 5.08. The Kier molecular flexibility index (Phi) is 5.89. The molecule has 9 heteroatoms. The van der Waals surface area contributed by atoms with E-state index >= 15 is 0 Å². The summed E-state index contributed by atoms with van der Waals surface area (Å²) in [7, 11) is 3.13. The molecule has 0 aliphatic rings. The van der Waals surface area contributed by atoms with Crippen molar-refractivity contribution in [3.05, 3.63) is 76.5 Å². The standard InChI is InChI=1S/C23H23N5O4/c1-15-4-6-17(7-5-15)28-12-19-22(26-28)25-14-27(23(19)30)13-21(29)24-11-16-10-18(31-2)8-9-20(16)32-3/h4-10,12,14H,11,13H2,1-3H3,(H,24,29). The minimum absolute atomic E-state index is 0.163. The monoisotopic (exact) mass is 433 g/mol. The van der Waals surface area contributed by atoms with Gasteiger partial charge in [-0.05, 0) is 37.3 Å². The normalized spacial score (nSPS) is 10.8. The Morgan fingerprint density at radius 3 is 2.59 bits per heavy atom. The second kappa shape index (κ2) is 8.93. The first-order valence-electron chi connectivity index (χ1n) is 9.98. The highest BCUT2D eigenvalue weighted by Crippen LogP contribution is 2.23. The smallest absolute Gasteiger partial charge is 0.264 e. The lowest BCUT2D eigenvalue weighted by Gasteiger charge is -2.12. The van der Waals surface area contributed by atoms with E-state index in [1.807, 2.05) is 31.2 Å². The summed E-state index contributed by atoms with van der Waals surface area (Å²) in [5.74, 6) is 0.963. The number of nitrogens with one attached hydrogen (secondary N) is 1. The zero-order valence-electron chi connectivity index (χ0n) is 18.0. The van der Waals surface area contributed by atoms with Gasteiger partial charge in [0.15, 0.2) is 5.65 Å². The summed E-state index contributed by atoms with van der Waals surface area (Å²) in [6.07, 6.45) is 2.97. The van der Waals surface area contributed by atoms with Crippen LogP contribution >= 0.6 is 0 Å². The molecular formula is C23H23N5O4. The molecule has 0 unspecified atom stereocenters. The summed E-state index contributed by atoms with van der Waals surface area (Å²) in [5.41, 5.74) is 2.71. The number of carbonyl (C=O) groups is 1. The van der Waals surface area contributed by atoms with E-state index < -0.39 is 0 Å². The SMILES string of the molecule is COc1ccc(OC)c(CNC(=O)Cn2cnc3nn(-c4ccc(C)cc4)cc3c2=O)c1. The van der Waals surface area contributed by atoms with Crippen LogP contribution in [0.15, 0.2) is 59.8 Å². The van der Waals surface area contributed by atoms with Gasteiger partial charge < -0.3 is 14.8 Å². The first-order valence-corrected chi connectivity index (χ1v) is 9.98. The van der Waals surface area contributed by atoms with Crippen molar-refractivity contribution in [1.29, 1.82) is 0 Å². The number of hydrogen-bond acceptors (Lipinski definition) is 6. The van der Waals surface area contributed by atoms with Crippen LogP contribution < -0.4 is 20.3 Å². The molecule has 2 aromatic heterocycles. The molecule has 1 amide bonds. The molecule has 2 aromatic carbocycles. The molecule has 4 aromatic rings. The van der Waals surface area contributed by atoms with E-state index in [-0.39, 0.29) is 24.6 Å². The highest BCUT2D eigenvalue weighted by atomic mass is 16.5. The average Bonchev–Trinajstić information content (AvgIpc) is 3.25. The summed E-state index contributed by atoms with van der Waals surface area (Å²) in [6, 6.07) is 13.1. The van der Waals surface area contributed by atoms with Gasteiger partial charge in [0.05, 0.1) is 19.9 Å². The molecule has 0 spiro atoms. The number of benzene rings is 2. The number of hydrogen-bond donors (Lipinski definition) is 1. The molecular weight excluding hydrogens is 410 g/mol. The van der Waals surface area contributed by atoms with Crippen molar-refractivity contribution in [3.8, 4) is 17.2 Å². The maximum atomic E-state index is 12.9. The topological polar surface area (TPSA) is 100 Å². The summed E-state index contributed by atoms with van der Waals surface area (Å²) in [5, 5.41) is 7.52. The van der Waals surface area contributed by atoms with Gasteiger partial charge in [-0.3, -0.25) is 14.2 Å². The van der Waals surface area contributed by atoms with E-state index in [0.29, 0.717) is 22.5 Å². The largest absolute Gasteiger partial charge is 0.497 e. The van der Waals surface area contributed by atoms with Crippen molar-refractivity contribution in [2.45, 2.75) is 20.0 Å². The number of methoxy groups -OCH3 is 2. The Morgan fingerprint density at radius 2 is 1.88 bits per heavy atom. The van der Waals surface area contributed by atoms with Crippen molar-refractivity contribution in [3.63, 3.8) is 0 Å². The maximum Gasteiger partial charge on any atom is 0.264 e. The van der Waals surface area contributed by atoms with E-state index in [0.717, 1.165) is 16.8 Å². The van der Waals surface area contributed by atoms with Gasteiger partial charge in [-0.2, -0.15) is 0 Å². The van der Waals surface area contributed by atoms with E-state index in [2.05, 4.69) is 15.4 Å². The minimum atomic E-state index is -0.331. The highest BCUT2D eigenvalue weighted by molar-refractivity contribution is 5.77. The van der Waals surface area contributed by atoms with Crippen LogP contribution in [-0.2, 0) is 17.9 Å². The average molecular weight is 433 g/mol. The van der Waals surface area contributed by atoms with Crippen LogP contribution in [0.3, 0.4) is 0 Å². The number of carbonyl (C=O) groups excluding carboxylic acids is 1. The molecule has 1 N–H and O–H groups in total. The lowest BCUT2D eigenvalue weighted by Crippen LogP contribution is -2.32. The molecule has 0 bridgehead atoms. The molecule has 0 fully saturated rings. The predicted octanol–water partition coefficient (Wildman–Crippen LogP) is 2.22. The third kappa shape index (κ3) is 4.31. The second-order valence-corrected chi connectivity index (χ2v) is 7.28. The van der Waals surface area contributed by atoms with Crippen LogP contribution in [0.2, 0.25) is 0 Å². The lowest BCUT2D eigenvalue weighted by molar-refractivity contribution is -0.121. The maximum absolute atomic E-state index is 12.9. The van der Waals surface area contributed by atoms with Crippen LogP contribution in [-0.4, -0.2) is 39.5 Å². The molecule has 164 valence electrons. The van der Waals surface area contributed by atoms with Crippen molar-refractivity contribution in [2.24, 2.45) is 0 Å². The zero-order chi connectivity index (χ0) is 22.7. The van der Waals surface area contributed by atoms with Gasteiger partial charge >= 0.3 is 0 Å². The summed E-state index contributed by atoms with van der Waals surface area (Å²) >= 11 is 0. The van der Waals surface area contributed by atoms with Crippen molar-refractivity contribution < 1.29 is 14.3 Å². The molecule has 0 saturated heterocycles. The predicted molar refractivity (Wildman–Crippen MR) is 119 cm³/mol. The summed E-state index contributed by atoms with van der Waals surface area (Å²) in [4.78, 5) is 29.6. The number of amides is 1. The Hall–Kier alpha value is -4.14. The van der Waals surface area contributed by atoms with Gasteiger partial charge in [-0.1, -0.05) is 17.7 Å². The Balaban J connectivity index is 1.50. The van der Waals surface area contributed by atoms with E-state index in [1.165, 1.54) is 10.9 Å². The molecule has 2 heterocycles. The molecule has 9 nitrogen and oxygen atoms in total. The molecule has 0 aliphatic heterocycles. The van der Waals surface area contributed by atoms with Crippen LogP contribution in [0.5, 0.6) is 11.5 Å². The third-order valence-electron chi connectivity index (χ3n) is 5.08. The van der Waals surface area contributed by atoms with Crippen LogP contribution in [0.1, 0.15) is 11.1 Å². The lowest BCUT2D eigenvalue weighted by atomic mass is 10.2. The number of nitrogens with zero attached hydrogens (tertiary/aromatic N) is 4. The van der Waals surface area contributed by atoms with Crippen LogP contribution in [0.25, 0.3) is 16.7 Å². The van der Waals surface area contributed by atoms with Crippen molar-refractivity contribution in [2.75, 3.05) is 14.2 Å². The summed E-state index contributed by atoms with van der Waals surface area (Å²) in [6.45, 7) is 2.07. The molecule has 0 radical (unpaired) electrons. The van der Waals surface area contributed by atoms with Gasteiger partial charge in [0.1, 0.15) is 29.8 Å². The van der Waals surface area contributed by atoms with Crippen LogP contribution in [0.4, 0.5) is 0 Å². The minimum Gasteiger partial charge on any atom is -0.497 e. The first kappa shape index (κ1) is 21.1. The fraction of sp³-hybridized carbons (Fsp3) is 0.217. The molecule has 0 atom stereocenters.